The summed E-state index contributed by atoms with van der Waals surface area (Å²) in [6.07, 6.45) is 4.75. The number of nitrogens with one attached hydrogen (secondary N) is 1. The van der Waals surface area contributed by atoms with Crippen molar-refractivity contribution in [2.75, 3.05) is 31.5 Å². The summed E-state index contributed by atoms with van der Waals surface area (Å²) in [6, 6.07) is 8.34. The highest BCUT2D eigenvalue weighted by molar-refractivity contribution is 14.0. The highest BCUT2D eigenvalue weighted by Gasteiger charge is 2.18. The normalized spacial score (nSPS) is 16.9. The van der Waals surface area contributed by atoms with Crippen LogP contribution in [0.5, 0.6) is 0 Å². The fraction of sp³-hybridized carbons (Fsp3) is 0.611. The first kappa shape index (κ1) is 20.2. The molecule has 1 aromatic rings. The molecule has 1 fully saturated rings. The van der Waals surface area contributed by atoms with Crippen LogP contribution >= 0.6 is 24.0 Å². The van der Waals surface area contributed by atoms with E-state index in [0.29, 0.717) is 11.9 Å². The van der Waals surface area contributed by atoms with Crippen molar-refractivity contribution >= 4 is 35.6 Å². The molecule has 0 radical (unpaired) electrons. The van der Waals surface area contributed by atoms with E-state index in [1.165, 1.54) is 44.5 Å². The van der Waals surface area contributed by atoms with Gasteiger partial charge in [0.2, 0.25) is 0 Å². The average molecular weight is 430 g/mol. The van der Waals surface area contributed by atoms with Gasteiger partial charge in [0.25, 0.3) is 0 Å². The van der Waals surface area contributed by atoms with Crippen molar-refractivity contribution in [1.29, 1.82) is 0 Å². The van der Waals surface area contributed by atoms with Crippen LogP contribution in [-0.4, -0.2) is 37.0 Å². The quantitative estimate of drug-likeness (QED) is 0.411. The molecule has 0 atom stereocenters. The fourth-order valence-electron chi connectivity index (χ4n) is 2.99. The SMILES string of the molecule is CCCN1CCC(CN=C(N)Nc2cccc(CC)c2)CC1.I. The molecule has 0 spiro atoms. The van der Waals surface area contributed by atoms with Crippen LogP contribution in [0.3, 0.4) is 0 Å². The van der Waals surface area contributed by atoms with Crippen LogP contribution in [0.1, 0.15) is 38.7 Å². The molecular formula is C18H31IN4. The number of benzene rings is 1. The zero-order chi connectivity index (χ0) is 15.8. The van der Waals surface area contributed by atoms with Gasteiger partial charge in [0.15, 0.2) is 5.96 Å². The molecule has 3 N–H and O–H groups in total. The summed E-state index contributed by atoms with van der Waals surface area (Å²) in [6.45, 7) is 8.89. The molecule has 23 heavy (non-hydrogen) atoms. The number of hydrogen-bond acceptors (Lipinski definition) is 2. The third-order valence-electron chi connectivity index (χ3n) is 4.37. The summed E-state index contributed by atoms with van der Waals surface area (Å²) in [5.41, 5.74) is 8.35. The Morgan fingerprint density at radius 1 is 1.30 bits per heavy atom. The van der Waals surface area contributed by atoms with Crippen molar-refractivity contribution in [1.82, 2.24) is 4.90 Å². The van der Waals surface area contributed by atoms with Gasteiger partial charge in [-0.05, 0) is 68.9 Å². The van der Waals surface area contributed by atoms with Crippen molar-refractivity contribution < 1.29 is 0 Å². The van der Waals surface area contributed by atoms with Gasteiger partial charge in [-0.1, -0.05) is 26.0 Å². The minimum atomic E-state index is 0. The Balaban J connectivity index is 0.00000264. The van der Waals surface area contributed by atoms with Gasteiger partial charge in [-0.15, -0.1) is 24.0 Å². The minimum absolute atomic E-state index is 0. The Bertz CT molecular complexity index is 482. The van der Waals surface area contributed by atoms with E-state index in [9.17, 15) is 0 Å². The molecule has 5 heteroatoms. The van der Waals surface area contributed by atoms with Crippen LogP contribution in [0.15, 0.2) is 29.3 Å². The topological polar surface area (TPSA) is 53.6 Å². The summed E-state index contributed by atoms with van der Waals surface area (Å²) < 4.78 is 0. The summed E-state index contributed by atoms with van der Waals surface area (Å²) in [7, 11) is 0. The van der Waals surface area contributed by atoms with Crippen LogP contribution in [0.2, 0.25) is 0 Å². The third-order valence-corrected chi connectivity index (χ3v) is 4.37. The molecule has 1 heterocycles. The lowest BCUT2D eigenvalue weighted by atomic mass is 9.97. The number of piperidine rings is 1. The molecule has 0 unspecified atom stereocenters. The second-order valence-corrected chi connectivity index (χ2v) is 6.19. The minimum Gasteiger partial charge on any atom is -0.370 e. The first-order chi connectivity index (χ1) is 10.7. The van der Waals surface area contributed by atoms with E-state index < -0.39 is 0 Å². The lowest BCUT2D eigenvalue weighted by Crippen LogP contribution is -2.35. The van der Waals surface area contributed by atoms with Crippen molar-refractivity contribution in [2.24, 2.45) is 16.6 Å². The summed E-state index contributed by atoms with van der Waals surface area (Å²) >= 11 is 0. The van der Waals surface area contributed by atoms with E-state index in [2.05, 4.69) is 47.3 Å². The van der Waals surface area contributed by atoms with Gasteiger partial charge < -0.3 is 16.0 Å². The molecule has 4 nitrogen and oxygen atoms in total. The van der Waals surface area contributed by atoms with Crippen LogP contribution in [0.25, 0.3) is 0 Å². The molecule has 0 bridgehead atoms. The number of rotatable bonds is 6. The molecular weight excluding hydrogens is 399 g/mol. The van der Waals surface area contributed by atoms with E-state index in [-0.39, 0.29) is 24.0 Å². The number of halogens is 1. The number of nitrogens with zero attached hydrogens (tertiary/aromatic N) is 2. The summed E-state index contributed by atoms with van der Waals surface area (Å²) in [5.74, 6) is 1.21. The smallest absolute Gasteiger partial charge is 0.193 e. The molecule has 130 valence electrons. The van der Waals surface area contributed by atoms with E-state index in [1.807, 2.05) is 6.07 Å². The molecule has 1 aliphatic rings. The first-order valence-electron chi connectivity index (χ1n) is 8.59. The molecule has 2 rings (SSSR count). The monoisotopic (exact) mass is 430 g/mol. The number of guanidine groups is 1. The van der Waals surface area contributed by atoms with E-state index in [0.717, 1.165) is 18.7 Å². The average Bonchev–Trinajstić information content (AvgIpc) is 2.55. The Morgan fingerprint density at radius 3 is 2.70 bits per heavy atom. The Labute approximate surface area is 157 Å². The highest BCUT2D eigenvalue weighted by Crippen LogP contribution is 2.17. The Hall–Kier alpha value is -0.820. The van der Waals surface area contributed by atoms with E-state index in [4.69, 9.17) is 5.73 Å². The van der Waals surface area contributed by atoms with Crippen LogP contribution in [-0.2, 0) is 6.42 Å². The van der Waals surface area contributed by atoms with E-state index >= 15 is 0 Å². The highest BCUT2D eigenvalue weighted by atomic mass is 127. The number of anilines is 1. The predicted octanol–water partition coefficient (Wildman–Crippen LogP) is 3.72. The second-order valence-electron chi connectivity index (χ2n) is 6.19. The second kappa shape index (κ2) is 10.9. The van der Waals surface area contributed by atoms with Crippen molar-refractivity contribution in [3.8, 4) is 0 Å². The largest absolute Gasteiger partial charge is 0.370 e. The number of nitrogens with two attached hydrogens (primary N) is 1. The number of aliphatic imine (C=N–C) groups is 1. The molecule has 0 aliphatic carbocycles. The van der Waals surface area contributed by atoms with Crippen LogP contribution in [0.4, 0.5) is 5.69 Å². The van der Waals surface area contributed by atoms with Crippen molar-refractivity contribution in [3.63, 3.8) is 0 Å². The maximum Gasteiger partial charge on any atom is 0.193 e. The van der Waals surface area contributed by atoms with Gasteiger partial charge >= 0.3 is 0 Å². The molecule has 1 saturated heterocycles. The number of aryl methyl sites for hydroxylation is 1. The number of likely N-dealkylation sites (tertiary alicyclic amines) is 1. The zero-order valence-corrected chi connectivity index (χ0v) is 16.8. The first-order valence-corrected chi connectivity index (χ1v) is 8.59. The van der Waals surface area contributed by atoms with Crippen LogP contribution in [0, 0.1) is 5.92 Å². The maximum atomic E-state index is 6.02. The standard InChI is InChI=1S/C18H30N4.HI/c1-3-10-22-11-8-16(9-12-22)14-20-18(19)21-17-7-5-6-15(4-2)13-17;/h5-7,13,16H,3-4,8-12,14H2,1-2H3,(H3,19,20,21);1H. The lowest BCUT2D eigenvalue weighted by molar-refractivity contribution is 0.188. The van der Waals surface area contributed by atoms with Crippen LogP contribution < -0.4 is 11.1 Å². The maximum absolute atomic E-state index is 6.02. The Morgan fingerprint density at radius 2 is 2.04 bits per heavy atom. The zero-order valence-electron chi connectivity index (χ0n) is 14.4. The fourth-order valence-corrected chi connectivity index (χ4v) is 2.99. The van der Waals surface area contributed by atoms with Gasteiger partial charge in [-0.3, -0.25) is 4.99 Å². The molecule has 0 aromatic heterocycles. The molecule has 1 aromatic carbocycles. The van der Waals surface area contributed by atoms with E-state index in [1.54, 1.807) is 0 Å². The summed E-state index contributed by atoms with van der Waals surface area (Å²) in [5, 5.41) is 3.20. The van der Waals surface area contributed by atoms with Gasteiger partial charge in [-0.25, -0.2) is 0 Å². The van der Waals surface area contributed by atoms with Gasteiger partial charge in [0.1, 0.15) is 0 Å². The van der Waals surface area contributed by atoms with Gasteiger partial charge in [0.05, 0.1) is 0 Å². The third kappa shape index (κ3) is 7.08. The van der Waals surface area contributed by atoms with Crippen molar-refractivity contribution in [3.05, 3.63) is 29.8 Å². The van der Waals surface area contributed by atoms with Crippen molar-refractivity contribution in [2.45, 2.75) is 39.5 Å². The molecule has 0 amide bonds. The molecule has 0 saturated carbocycles. The lowest BCUT2D eigenvalue weighted by Gasteiger charge is -2.30. The molecule has 1 aliphatic heterocycles. The van der Waals surface area contributed by atoms with Gasteiger partial charge in [-0.2, -0.15) is 0 Å². The van der Waals surface area contributed by atoms with Gasteiger partial charge in [0, 0.05) is 12.2 Å². The predicted molar refractivity (Wildman–Crippen MR) is 111 cm³/mol. The summed E-state index contributed by atoms with van der Waals surface area (Å²) in [4.78, 5) is 7.09. The number of hydrogen-bond donors (Lipinski definition) is 2. The Kier molecular flexibility index (Phi) is 9.55.